The summed E-state index contributed by atoms with van der Waals surface area (Å²) in [6.45, 7) is 3.84. The van der Waals surface area contributed by atoms with E-state index in [0.717, 1.165) is 0 Å². The molecular weight excluding hydrogens is 288 g/mol. The van der Waals surface area contributed by atoms with Crippen molar-refractivity contribution in [3.8, 4) is 0 Å². The minimum absolute atomic E-state index is 0.219. The van der Waals surface area contributed by atoms with Gasteiger partial charge >= 0.3 is 0 Å². The highest BCUT2D eigenvalue weighted by molar-refractivity contribution is 7.89. The molecule has 0 aromatic heterocycles. The summed E-state index contributed by atoms with van der Waals surface area (Å²) in [5, 5.41) is 3.50. The lowest BCUT2D eigenvalue weighted by Crippen LogP contribution is -2.33. The summed E-state index contributed by atoms with van der Waals surface area (Å²) in [6, 6.07) is 4.84. The van der Waals surface area contributed by atoms with Crippen LogP contribution in [-0.2, 0) is 14.8 Å². The molecule has 0 radical (unpaired) electrons. The minimum Gasteiger partial charge on any atom is -0.383 e. The molecule has 0 aliphatic carbocycles. The number of ether oxygens (including phenoxy) is 1. The fourth-order valence-corrected chi connectivity index (χ4v) is 3.06. The maximum Gasteiger partial charge on any atom is 0.240 e. The van der Waals surface area contributed by atoms with Crippen LogP contribution in [0.25, 0.3) is 0 Å². The van der Waals surface area contributed by atoms with E-state index in [1.165, 1.54) is 0 Å². The van der Waals surface area contributed by atoms with Crippen molar-refractivity contribution in [2.24, 2.45) is 0 Å². The first kappa shape index (κ1) is 16.4. The Labute approximate surface area is 119 Å². The molecule has 0 amide bonds. The SMILES string of the molecule is COCCNCCNS(=O)(=O)c1cccc(Cl)c1C. The maximum absolute atomic E-state index is 12.1. The van der Waals surface area contributed by atoms with E-state index in [1.807, 2.05) is 0 Å². The Balaban J connectivity index is 2.54. The molecule has 2 N–H and O–H groups in total. The van der Waals surface area contributed by atoms with Gasteiger partial charge < -0.3 is 10.1 Å². The van der Waals surface area contributed by atoms with Gasteiger partial charge in [-0.3, -0.25) is 0 Å². The monoisotopic (exact) mass is 306 g/mol. The number of hydrogen-bond donors (Lipinski definition) is 2. The third-order valence-corrected chi connectivity index (χ3v) is 4.60. The van der Waals surface area contributed by atoms with Crippen molar-refractivity contribution >= 4 is 21.6 Å². The summed E-state index contributed by atoms with van der Waals surface area (Å²) in [5.41, 5.74) is 0.559. The highest BCUT2D eigenvalue weighted by atomic mass is 35.5. The van der Waals surface area contributed by atoms with E-state index in [-0.39, 0.29) is 4.90 Å². The zero-order valence-corrected chi connectivity index (χ0v) is 12.6. The smallest absolute Gasteiger partial charge is 0.240 e. The first-order valence-corrected chi connectivity index (χ1v) is 7.79. The molecule has 0 saturated carbocycles. The molecule has 0 aliphatic heterocycles. The summed E-state index contributed by atoms with van der Waals surface area (Å²) < 4.78 is 31.5. The van der Waals surface area contributed by atoms with Crippen molar-refractivity contribution in [2.75, 3.05) is 33.4 Å². The van der Waals surface area contributed by atoms with Crippen molar-refractivity contribution in [2.45, 2.75) is 11.8 Å². The average molecular weight is 307 g/mol. The molecule has 0 unspecified atom stereocenters. The minimum atomic E-state index is -3.51. The predicted molar refractivity (Wildman–Crippen MR) is 76.1 cm³/mol. The Kier molecular flexibility index (Phi) is 6.74. The van der Waals surface area contributed by atoms with Gasteiger partial charge in [-0.25, -0.2) is 13.1 Å². The largest absolute Gasteiger partial charge is 0.383 e. The molecule has 0 fully saturated rings. The predicted octanol–water partition coefficient (Wildman–Crippen LogP) is 1.16. The third kappa shape index (κ3) is 5.08. The molecule has 1 rings (SSSR count). The van der Waals surface area contributed by atoms with E-state index in [0.29, 0.717) is 36.8 Å². The molecule has 0 spiro atoms. The van der Waals surface area contributed by atoms with Crippen LogP contribution in [0.4, 0.5) is 0 Å². The highest BCUT2D eigenvalue weighted by Crippen LogP contribution is 2.22. The number of hydrogen-bond acceptors (Lipinski definition) is 4. The molecule has 1 aromatic rings. The van der Waals surface area contributed by atoms with Crippen LogP contribution in [0.3, 0.4) is 0 Å². The molecule has 108 valence electrons. The Morgan fingerprint density at radius 1 is 1.26 bits per heavy atom. The van der Waals surface area contributed by atoms with Crippen molar-refractivity contribution in [1.29, 1.82) is 0 Å². The van der Waals surface area contributed by atoms with E-state index < -0.39 is 10.0 Å². The Hall–Kier alpha value is -0.660. The fraction of sp³-hybridized carbons (Fsp3) is 0.500. The van der Waals surface area contributed by atoms with E-state index in [2.05, 4.69) is 10.0 Å². The summed E-state index contributed by atoms with van der Waals surface area (Å²) in [4.78, 5) is 0.219. The maximum atomic E-state index is 12.1. The summed E-state index contributed by atoms with van der Waals surface area (Å²) in [5.74, 6) is 0. The van der Waals surface area contributed by atoms with E-state index in [1.54, 1.807) is 32.2 Å². The molecule has 0 saturated heterocycles. The standard InChI is InChI=1S/C12H19ClN2O3S/c1-10-11(13)4-3-5-12(10)19(16,17)15-7-6-14-8-9-18-2/h3-5,14-15H,6-9H2,1-2H3. The molecule has 0 atom stereocenters. The summed E-state index contributed by atoms with van der Waals surface area (Å²) >= 11 is 5.92. The average Bonchev–Trinajstić information content (AvgIpc) is 2.36. The lowest BCUT2D eigenvalue weighted by Gasteiger charge is -2.10. The lowest BCUT2D eigenvalue weighted by molar-refractivity contribution is 0.199. The number of benzene rings is 1. The van der Waals surface area contributed by atoms with Crippen LogP contribution < -0.4 is 10.0 Å². The van der Waals surface area contributed by atoms with Gasteiger partial charge in [0.25, 0.3) is 0 Å². The highest BCUT2D eigenvalue weighted by Gasteiger charge is 2.17. The van der Waals surface area contributed by atoms with E-state index in [9.17, 15) is 8.42 Å². The first-order valence-electron chi connectivity index (χ1n) is 5.93. The van der Waals surface area contributed by atoms with Gasteiger partial charge in [-0.1, -0.05) is 17.7 Å². The fourth-order valence-electron chi connectivity index (χ4n) is 1.53. The van der Waals surface area contributed by atoms with Crippen LogP contribution in [0.15, 0.2) is 23.1 Å². The molecule has 0 heterocycles. The molecule has 7 heteroatoms. The summed E-state index contributed by atoms with van der Waals surface area (Å²) in [6.07, 6.45) is 0. The van der Waals surface area contributed by atoms with Crippen LogP contribution in [0.5, 0.6) is 0 Å². The second-order valence-corrected chi connectivity index (χ2v) is 6.15. The molecule has 1 aromatic carbocycles. The van der Waals surface area contributed by atoms with Crippen LogP contribution in [0.1, 0.15) is 5.56 Å². The van der Waals surface area contributed by atoms with Crippen molar-refractivity contribution in [1.82, 2.24) is 10.0 Å². The quantitative estimate of drug-likeness (QED) is 0.707. The second-order valence-electron chi connectivity index (χ2n) is 4.00. The molecule has 5 nitrogen and oxygen atoms in total. The third-order valence-electron chi connectivity index (χ3n) is 2.58. The molecular formula is C12H19ClN2O3S. The molecule has 0 aliphatic rings. The lowest BCUT2D eigenvalue weighted by atomic mass is 10.2. The number of rotatable bonds is 8. The number of nitrogens with one attached hydrogen (secondary N) is 2. The molecule has 0 bridgehead atoms. The van der Waals surface area contributed by atoms with Crippen LogP contribution in [0.2, 0.25) is 5.02 Å². The second kappa shape index (κ2) is 7.81. The van der Waals surface area contributed by atoms with Crippen LogP contribution >= 0.6 is 11.6 Å². The van der Waals surface area contributed by atoms with Crippen molar-refractivity contribution in [3.63, 3.8) is 0 Å². The number of sulfonamides is 1. The van der Waals surface area contributed by atoms with Gasteiger partial charge in [0, 0.05) is 31.8 Å². The Morgan fingerprint density at radius 2 is 2.00 bits per heavy atom. The zero-order chi connectivity index (χ0) is 14.3. The van der Waals surface area contributed by atoms with Gasteiger partial charge in [-0.15, -0.1) is 0 Å². The van der Waals surface area contributed by atoms with E-state index >= 15 is 0 Å². The molecule has 19 heavy (non-hydrogen) atoms. The Bertz CT molecular complexity index is 506. The normalized spacial score (nSPS) is 11.7. The zero-order valence-electron chi connectivity index (χ0n) is 11.1. The summed E-state index contributed by atoms with van der Waals surface area (Å²) in [7, 11) is -1.89. The number of halogens is 1. The van der Waals surface area contributed by atoms with Crippen molar-refractivity contribution < 1.29 is 13.2 Å². The van der Waals surface area contributed by atoms with Gasteiger partial charge in [0.1, 0.15) is 0 Å². The Morgan fingerprint density at radius 3 is 2.68 bits per heavy atom. The van der Waals surface area contributed by atoms with Gasteiger partial charge in [-0.2, -0.15) is 0 Å². The van der Waals surface area contributed by atoms with Crippen LogP contribution in [-0.4, -0.2) is 41.8 Å². The van der Waals surface area contributed by atoms with Gasteiger partial charge in [0.05, 0.1) is 11.5 Å². The number of methoxy groups -OCH3 is 1. The van der Waals surface area contributed by atoms with E-state index in [4.69, 9.17) is 16.3 Å². The van der Waals surface area contributed by atoms with Crippen LogP contribution in [0, 0.1) is 6.92 Å². The van der Waals surface area contributed by atoms with Gasteiger partial charge in [-0.05, 0) is 24.6 Å². The van der Waals surface area contributed by atoms with Crippen molar-refractivity contribution in [3.05, 3.63) is 28.8 Å². The first-order chi connectivity index (χ1) is 8.99. The van der Waals surface area contributed by atoms with Gasteiger partial charge in [0.15, 0.2) is 0 Å². The van der Waals surface area contributed by atoms with Gasteiger partial charge in [0.2, 0.25) is 10.0 Å². The topological polar surface area (TPSA) is 67.4 Å².